The van der Waals surface area contributed by atoms with E-state index in [0.29, 0.717) is 11.9 Å². The Morgan fingerprint density at radius 3 is 2.21 bits per heavy atom. The molecule has 0 spiro atoms. The van der Waals surface area contributed by atoms with Gasteiger partial charge in [-0.15, -0.1) is 0 Å². The lowest BCUT2D eigenvalue weighted by molar-refractivity contribution is 0.305. The van der Waals surface area contributed by atoms with Crippen molar-refractivity contribution in [2.24, 2.45) is 0 Å². The third-order valence-electron chi connectivity index (χ3n) is 6.04. The van der Waals surface area contributed by atoms with E-state index >= 15 is 0 Å². The van der Waals surface area contributed by atoms with Gasteiger partial charge < -0.3 is 14.4 Å². The Kier molecular flexibility index (Phi) is 8.67. The molecular formula is C28H34BrO4P. The summed E-state index contributed by atoms with van der Waals surface area (Å²) in [7, 11) is -1.21. The van der Waals surface area contributed by atoms with Crippen LogP contribution in [0.1, 0.15) is 58.7 Å². The molecule has 0 saturated carbocycles. The van der Waals surface area contributed by atoms with Crippen LogP contribution in [0, 0.1) is 13.8 Å². The highest BCUT2D eigenvalue weighted by Gasteiger charge is 2.19. The summed E-state index contributed by atoms with van der Waals surface area (Å²) in [5, 5.41) is 10.1. The second-order valence-electron chi connectivity index (χ2n) is 9.35. The van der Waals surface area contributed by atoms with E-state index in [1.807, 2.05) is 24.3 Å². The fourth-order valence-electron chi connectivity index (χ4n) is 4.22. The number of hydrogen-bond acceptors (Lipinski definition) is 4. The first-order chi connectivity index (χ1) is 16.0. The van der Waals surface area contributed by atoms with E-state index < -0.39 is 7.37 Å². The molecule has 182 valence electrons. The van der Waals surface area contributed by atoms with Crippen LogP contribution in [-0.4, -0.2) is 18.9 Å². The standard InChI is InChI=1S/C28H34BrO4P/c1-18(2)24-13-21(7-9-27(24)30)14-25-19(3)11-23(12-20(25)4)17-34(6,31)33-16-22-8-10-28(32-5)26(29)15-22/h7-13,15,18,30H,14,16-17H2,1-6H3. The highest BCUT2D eigenvalue weighted by Crippen LogP contribution is 2.47. The summed E-state index contributed by atoms with van der Waals surface area (Å²) in [6.45, 7) is 10.4. The smallest absolute Gasteiger partial charge is 0.204 e. The SMILES string of the molecule is COc1ccc(COP(C)(=O)Cc2cc(C)c(Cc3ccc(O)c(C(C)C)c3)c(C)c2)cc1Br. The van der Waals surface area contributed by atoms with Gasteiger partial charge in [-0.25, -0.2) is 0 Å². The summed E-state index contributed by atoms with van der Waals surface area (Å²) in [6.07, 6.45) is 1.19. The number of phenolic OH excluding ortho intramolecular Hbond substituents is 1. The molecule has 0 aliphatic heterocycles. The Hall–Kier alpha value is -2.07. The van der Waals surface area contributed by atoms with E-state index in [2.05, 4.69) is 61.8 Å². The van der Waals surface area contributed by atoms with Crippen LogP contribution in [0.4, 0.5) is 0 Å². The van der Waals surface area contributed by atoms with Crippen molar-refractivity contribution in [2.75, 3.05) is 13.8 Å². The van der Waals surface area contributed by atoms with Crippen LogP contribution in [-0.2, 0) is 28.3 Å². The molecule has 0 bridgehead atoms. The number of halogens is 1. The fourth-order valence-corrected chi connectivity index (χ4v) is 6.17. The highest BCUT2D eigenvalue weighted by molar-refractivity contribution is 9.10. The zero-order chi connectivity index (χ0) is 25.0. The summed E-state index contributed by atoms with van der Waals surface area (Å²) in [5.41, 5.74) is 7.72. The lowest BCUT2D eigenvalue weighted by Gasteiger charge is -2.18. The molecule has 6 heteroatoms. The highest BCUT2D eigenvalue weighted by atomic mass is 79.9. The van der Waals surface area contributed by atoms with Crippen molar-refractivity contribution in [1.29, 1.82) is 0 Å². The van der Waals surface area contributed by atoms with Gasteiger partial charge in [0.05, 0.1) is 18.2 Å². The molecule has 1 atom stereocenters. The van der Waals surface area contributed by atoms with Crippen molar-refractivity contribution in [3.63, 3.8) is 0 Å². The average Bonchev–Trinajstić information content (AvgIpc) is 2.75. The average molecular weight is 545 g/mol. The van der Waals surface area contributed by atoms with Gasteiger partial charge in [0, 0.05) is 12.8 Å². The minimum atomic E-state index is -2.83. The van der Waals surface area contributed by atoms with Crippen molar-refractivity contribution in [3.8, 4) is 11.5 Å². The van der Waals surface area contributed by atoms with E-state index in [1.54, 1.807) is 19.8 Å². The van der Waals surface area contributed by atoms with Gasteiger partial charge in [-0.05, 0) is 99.3 Å². The Labute approximate surface area is 211 Å². The molecule has 0 aliphatic carbocycles. The number of phenols is 1. The van der Waals surface area contributed by atoms with Crippen LogP contribution < -0.4 is 4.74 Å². The summed E-state index contributed by atoms with van der Waals surface area (Å²) < 4.78 is 25.2. The second kappa shape index (κ2) is 11.1. The zero-order valence-corrected chi connectivity index (χ0v) is 23.3. The summed E-state index contributed by atoms with van der Waals surface area (Å²) in [5.74, 6) is 1.37. The summed E-state index contributed by atoms with van der Waals surface area (Å²) in [6, 6.07) is 15.8. The normalized spacial score (nSPS) is 13.2. The predicted octanol–water partition coefficient (Wildman–Crippen LogP) is 8.12. The van der Waals surface area contributed by atoms with Crippen LogP contribution in [0.3, 0.4) is 0 Å². The largest absolute Gasteiger partial charge is 0.508 e. The van der Waals surface area contributed by atoms with Gasteiger partial charge in [0.15, 0.2) is 0 Å². The molecule has 1 N–H and O–H groups in total. The van der Waals surface area contributed by atoms with E-state index in [-0.39, 0.29) is 12.5 Å². The number of aryl methyl sites for hydroxylation is 2. The van der Waals surface area contributed by atoms with Crippen LogP contribution in [0.2, 0.25) is 0 Å². The third kappa shape index (κ3) is 6.75. The van der Waals surface area contributed by atoms with E-state index in [1.165, 1.54) is 22.3 Å². The van der Waals surface area contributed by atoms with Crippen molar-refractivity contribution in [2.45, 2.75) is 52.8 Å². The van der Waals surface area contributed by atoms with E-state index in [0.717, 1.165) is 33.3 Å². The Balaban J connectivity index is 1.72. The lowest BCUT2D eigenvalue weighted by Crippen LogP contribution is -2.01. The number of benzene rings is 3. The van der Waals surface area contributed by atoms with Crippen molar-refractivity contribution < 1.29 is 18.9 Å². The summed E-state index contributed by atoms with van der Waals surface area (Å²) in [4.78, 5) is 0. The minimum Gasteiger partial charge on any atom is -0.508 e. The number of aromatic hydroxyl groups is 1. The number of methoxy groups -OCH3 is 1. The molecule has 0 radical (unpaired) electrons. The molecule has 0 fully saturated rings. The maximum absolute atomic E-state index is 13.2. The van der Waals surface area contributed by atoms with Crippen molar-refractivity contribution in [3.05, 3.63) is 91.9 Å². The molecule has 0 heterocycles. The van der Waals surface area contributed by atoms with Crippen LogP contribution in [0.5, 0.6) is 11.5 Å². The first-order valence-corrected chi connectivity index (χ1v) is 14.5. The molecule has 0 aromatic heterocycles. The number of rotatable bonds is 9. The van der Waals surface area contributed by atoms with Gasteiger partial charge in [0.25, 0.3) is 0 Å². The lowest BCUT2D eigenvalue weighted by atomic mass is 9.92. The fraction of sp³-hybridized carbons (Fsp3) is 0.357. The minimum absolute atomic E-state index is 0.266. The van der Waals surface area contributed by atoms with Crippen molar-refractivity contribution in [1.82, 2.24) is 0 Å². The molecule has 4 nitrogen and oxygen atoms in total. The molecular weight excluding hydrogens is 511 g/mol. The molecule has 0 amide bonds. The topological polar surface area (TPSA) is 55.8 Å². The van der Waals surface area contributed by atoms with Gasteiger partial charge in [-0.2, -0.15) is 0 Å². The molecule has 0 saturated heterocycles. The molecule has 1 unspecified atom stereocenters. The van der Waals surface area contributed by atoms with Gasteiger partial charge in [-0.1, -0.05) is 44.2 Å². The Morgan fingerprint density at radius 1 is 0.971 bits per heavy atom. The zero-order valence-electron chi connectivity index (χ0n) is 20.8. The van der Waals surface area contributed by atoms with Crippen LogP contribution in [0.15, 0.2) is 53.0 Å². The van der Waals surface area contributed by atoms with Crippen LogP contribution >= 0.6 is 23.3 Å². The first kappa shape index (κ1) is 26.5. The van der Waals surface area contributed by atoms with Gasteiger partial charge in [0.2, 0.25) is 7.37 Å². The predicted molar refractivity (Wildman–Crippen MR) is 144 cm³/mol. The molecule has 3 aromatic carbocycles. The van der Waals surface area contributed by atoms with Crippen molar-refractivity contribution >= 4 is 23.3 Å². The number of ether oxygens (including phenoxy) is 1. The van der Waals surface area contributed by atoms with E-state index in [4.69, 9.17) is 9.26 Å². The molecule has 0 aliphatic rings. The van der Waals surface area contributed by atoms with Gasteiger partial charge in [-0.3, -0.25) is 4.57 Å². The maximum atomic E-state index is 13.2. The molecule has 3 rings (SSSR count). The Bertz CT molecular complexity index is 1200. The second-order valence-corrected chi connectivity index (χ2v) is 12.8. The third-order valence-corrected chi connectivity index (χ3v) is 8.28. The maximum Gasteiger partial charge on any atom is 0.204 e. The van der Waals surface area contributed by atoms with E-state index in [9.17, 15) is 9.67 Å². The first-order valence-electron chi connectivity index (χ1n) is 11.4. The van der Waals surface area contributed by atoms with Gasteiger partial charge >= 0.3 is 0 Å². The van der Waals surface area contributed by atoms with Crippen LogP contribution in [0.25, 0.3) is 0 Å². The summed E-state index contributed by atoms with van der Waals surface area (Å²) >= 11 is 3.48. The number of hydrogen-bond donors (Lipinski definition) is 1. The van der Waals surface area contributed by atoms with Gasteiger partial charge in [0.1, 0.15) is 11.5 Å². The molecule has 3 aromatic rings. The Morgan fingerprint density at radius 2 is 1.62 bits per heavy atom. The quantitative estimate of drug-likeness (QED) is 0.276. The monoisotopic (exact) mass is 544 g/mol. The molecule has 34 heavy (non-hydrogen) atoms.